The molecule has 0 spiro atoms. The fourth-order valence-corrected chi connectivity index (χ4v) is 30.2. The van der Waals surface area contributed by atoms with E-state index >= 15 is 0 Å². The van der Waals surface area contributed by atoms with E-state index in [2.05, 4.69) is 117 Å². The summed E-state index contributed by atoms with van der Waals surface area (Å²) in [6.07, 6.45) is -12.7. The molecule has 9 atom stereocenters. The minimum atomic E-state index is -2.22. The van der Waals surface area contributed by atoms with Crippen molar-refractivity contribution in [2.24, 2.45) is 0 Å². The largest absolute Gasteiger partial charge is 1.00 e. The average molecular weight is 1700 g/mol. The molecule has 0 saturated carbocycles. The van der Waals surface area contributed by atoms with E-state index in [0.29, 0.717) is 0 Å². The molecule has 0 unspecified atom stereocenters. The second-order valence-corrected chi connectivity index (χ2v) is 42.3. The standard InChI is InChI=1S/C12H22O11.10K.5H2S6/c13-1-4-6(16)8(18)9(19)11(21-4)23-12(3-15)10(20)7(17)5(2-14)22-12;;;;;;;;;;;5*1-3-5-6-4-2/h4-11,13-20H,1-3H2;;;;;;;;;;;5*1-2H/q;10*+1;;;;;/p-10/t4-,5-,6-,7-,8+,9-,10+,11-,12+;;;;;;;;;;;;;;;/m1.............../s1. The van der Waals surface area contributed by atoms with Crippen molar-refractivity contribution >= 4 is 313 Å². The zero-order valence-electron chi connectivity index (χ0n) is 34.3. The Morgan fingerprint density at radius 2 is 0.635 bits per heavy atom. The summed E-state index contributed by atoms with van der Waals surface area (Å²) in [6, 6.07) is 0. The van der Waals surface area contributed by atoms with Gasteiger partial charge in [0.05, 0.1) is 13.2 Å². The van der Waals surface area contributed by atoms with Crippen LogP contribution < -0.4 is 514 Å². The molecule has 2 rings (SSSR count). The first-order valence-electron chi connectivity index (χ1n) is 11.2. The third kappa shape index (κ3) is 77.3. The predicted molar refractivity (Wildman–Crippen MR) is 294 cm³/mol. The molecule has 8 N–H and O–H groups in total. The monoisotopic (exact) mass is 1690 g/mol. The van der Waals surface area contributed by atoms with Crippen molar-refractivity contribution in [3.8, 4) is 0 Å². The fraction of sp³-hybridized carbons (Fsp3) is 1.00. The maximum absolute atomic E-state index is 10.00. The molecule has 0 aromatic heterocycles. The van der Waals surface area contributed by atoms with E-state index in [-0.39, 0.29) is 514 Å². The predicted octanol–water partition coefficient (Wildman–Crippen LogP) is -22.4. The Hall–Kier alpha value is 26.4. The van der Waals surface area contributed by atoms with E-state index in [9.17, 15) is 30.6 Å². The first-order valence-corrected chi connectivity index (χ1v) is 44.5. The molecule has 2 heterocycles. The number of ether oxygens (including phenoxy) is 3. The van der Waals surface area contributed by atoms with E-state index in [1.807, 2.05) is 0 Å². The average Bonchev–Trinajstić information content (AvgIpc) is 3.42. The van der Waals surface area contributed by atoms with Crippen molar-refractivity contribution in [1.29, 1.82) is 0 Å². The van der Waals surface area contributed by atoms with Gasteiger partial charge in [0.15, 0.2) is 6.29 Å². The summed E-state index contributed by atoms with van der Waals surface area (Å²) < 4.78 is 15.4. The summed E-state index contributed by atoms with van der Waals surface area (Å²) in [5, 5.41) is 76.7. The second-order valence-electron chi connectivity index (χ2n) is 6.92. The molecule has 11 nitrogen and oxygen atoms in total. The van der Waals surface area contributed by atoms with Crippen molar-refractivity contribution in [2.45, 2.75) is 54.8 Å². The zero-order valence-corrected chi connectivity index (χ0v) is 90.0. The maximum atomic E-state index is 10.00. The first kappa shape index (κ1) is 123. The Labute approximate surface area is 924 Å². The minimum Gasteiger partial charge on any atom is -0.706 e. The Morgan fingerprint density at radius 1 is 0.381 bits per heavy atom. The van der Waals surface area contributed by atoms with Crippen LogP contribution in [-0.4, -0.2) is 115 Å². The van der Waals surface area contributed by atoms with E-state index in [1.165, 1.54) is 197 Å². The molecular formula is C12H22K10O11S30. The maximum Gasteiger partial charge on any atom is 1.00 e. The molecule has 2 aliphatic rings. The summed E-state index contributed by atoms with van der Waals surface area (Å²) in [5.74, 6) is -2.22. The SMILES string of the molecule is OC[C@H]1O[C@@](CO)(O[C@H]2O[C@H](CO)[C@@H](O)[C@H](O)[C@H]2O)[C@@H](O)[C@@H]1O.[K+].[K+].[K+].[K+].[K+].[K+].[K+].[K+].[K+].[K+].[S-]SSSS[S-].[S-]SSSS[S-].[S-]SSSS[S-].[S-]SSSS[S-].[S-]SSSS[S-]. The van der Waals surface area contributed by atoms with Gasteiger partial charge < -0.3 is 172 Å². The van der Waals surface area contributed by atoms with Crippen LogP contribution in [0.3, 0.4) is 0 Å². The molecule has 0 radical (unpaired) electrons. The molecule has 63 heavy (non-hydrogen) atoms. The van der Waals surface area contributed by atoms with Crippen LogP contribution in [0.25, 0.3) is 0 Å². The zero-order chi connectivity index (χ0) is 41.5. The number of aliphatic hydroxyl groups excluding tert-OH is 8. The van der Waals surface area contributed by atoms with Gasteiger partial charge in [-0.1, -0.05) is 0 Å². The third-order valence-electron chi connectivity index (χ3n) is 4.49. The van der Waals surface area contributed by atoms with E-state index < -0.39 is 74.6 Å². The van der Waals surface area contributed by atoms with Gasteiger partial charge in [0.1, 0.15) is 49.3 Å². The van der Waals surface area contributed by atoms with Gasteiger partial charge in [-0.05, 0) is 98.3 Å². The molecule has 2 aliphatic heterocycles. The number of rotatable bonds is 20. The molecule has 51 heteroatoms. The molecule has 0 bridgehead atoms. The quantitative estimate of drug-likeness (QED) is 0.0248. The Morgan fingerprint density at radius 3 is 0.825 bits per heavy atom. The van der Waals surface area contributed by atoms with Crippen LogP contribution in [0.5, 0.6) is 0 Å². The first-order chi connectivity index (χ1) is 25.4. The van der Waals surface area contributed by atoms with Crippen molar-refractivity contribution in [2.75, 3.05) is 19.8 Å². The number of hydrogen-bond acceptors (Lipinski definition) is 41. The van der Waals surface area contributed by atoms with Gasteiger partial charge in [0.2, 0.25) is 5.79 Å². The topological polar surface area (TPSA) is 190 Å². The minimum absolute atomic E-state index is 0. The normalized spacial score (nSPS) is 23.0. The number of aliphatic hydroxyl groups is 8. The van der Waals surface area contributed by atoms with E-state index in [0.717, 1.165) is 0 Å². The van der Waals surface area contributed by atoms with Gasteiger partial charge in [-0.2, -0.15) is 0 Å². The molecule has 2 saturated heterocycles. The molecule has 326 valence electrons. The summed E-state index contributed by atoms with van der Waals surface area (Å²) in [5.41, 5.74) is 0. The van der Waals surface area contributed by atoms with Crippen LogP contribution in [-0.2, 0) is 131 Å². The Balaban J connectivity index is -0.0000000424. The van der Waals surface area contributed by atoms with Crippen molar-refractivity contribution in [3.05, 3.63) is 0 Å². The van der Waals surface area contributed by atoms with Crippen LogP contribution in [0.2, 0.25) is 0 Å². The van der Waals surface area contributed by atoms with Gasteiger partial charge in [0, 0.05) is 0 Å². The Bertz CT molecular complexity index is 697. The fourth-order valence-electron chi connectivity index (χ4n) is 2.74. The van der Waals surface area contributed by atoms with Crippen LogP contribution >= 0.6 is 197 Å². The smallest absolute Gasteiger partial charge is 0.706 e. The summed E-state index contributed by atoms with van der Waals surface area (Å²) >= 11 is 45.2. The van der Waals surface area contributed by atoms with Crippen molar-refractivity contribution < 1.29 is 569 Å². The Kier molecular flexibility index (Phi) is 194. The molecular weight excluding hydrogens is 1670 g/mol. The van der Waals surface area contributed by atoms with Crippen LogP contribution in [0.1, 0.15) is 0 Å². The van der Waals surface area contributed by atoms with Gasteiger partial charge >= 0.3 is 514 Å². The van der Waals surface area contributed by atoms with Crippen LogP contribution in [0.15, 0.2) is 0 Å². The molecule has 0 aromatic rings. The van der Waals surface area contributed by atoms with E-state index in [4.69, 9.17) is 24.4 Å². The van der Waals surface area contributed by atoms with Gasteiger partial charge in [0.25, 0.3) is 0 Å². The second kappa shape index (κ2) is 99.5. The van der Waals surface area contributed by atoms with Crippen molar-refractivity contribution in [1.82, 2.24) is 0 Å². The van der Waals surface area contributed by atoms with Gasteiger partial charge in [-0.3, -0.25) is 98.3 Å². The van der Waals surface area contributed by atoms with Gasteiger partial charge in [-0.15, -0.1) is 0 Å². The summed E-state index contributed by atoms with van der Waals surface area (Å²) in [6.45, 7) is -2.32. The van der Waals surface area contributed by atoms with E-state index in [1.54, 1.807) is 0 Å². The number of hydrogen-bond donors (Lipinski definition) is 8. The van der Waals surface area contributed by atoms with Gasteiger partial charge in [-0.25, -0.2) is 0 Å². The third-order valence-corrected chi connectivity index (χ3v) is 37.8. The molecule has 0 amide bonds. The van der Waals surface area contributed by atoms with Crippen LogP contribution in [0.4, 0.5) is 0 Å². The van der Waals surface area contributed by atoms with Crippen molar-refractivity contribution in [3.63, 3.8) is 0 Å². The molecule has 0 aliphatic carbocycles. The van der Waals surface area contributed by atoms with Crippen LogP contribution in [0, 0.1) is 0 Å². The summed E-state index contributed by atoms with van der Waals surface area (Å²) in [7, 11) is 28.2. The molecule has 2 fully saturated rings. The summed E-state index contributed by atoms with van der Waals surface area (Å²) in [4.78, 5) is 0. The molecule has 0 aromatic carbocycles.